The first-order valence-electron chi connectivity index (χ1n) is 8.07. The van der Waals surface area contributed by atoms with Gasteiger partial charge in [0.1, 0.15) is 17.1 Å². The van der Waals surface area contributed by atoms with E-state index in [4.69, 9.17) is 9.26 Å². The molecule has 0 spiro atoms. The fourth-order valence-electron chi connectivity index (χ4n) is 3.19. The molecule has 1 amide bonds. The van der Waals surface area contributed by atoms with Crippen molar-refractivity contribution in [3.63, 3.8) is 0 Å². The highest BCUT2D eigenvalue weighted by atomic mass is 16.5. The van der Waals surface area contributed by atoms with E-state index >= 15 is 0 Å². The second-order valence-corrected chi connectivity index (χ2v) is 6.22. The molecule has 0 saturated carbocycles. The highest BCUT2D eigenvalue weighted by molar-refractivity contribution is 5.96. The fraction of sp³-hybridized carbons (Fsp3) is 0.444. The van der Waals surface area contributed by atoms with Crippen molar-refractivity contribution in [2.45, 2.75) is 19.9 Å². The lowest BCUT2D eigenvalue weighted by molar-refractivity contribution is 0.0544. The highest BCUT2D eigenvalue weighted by Crippen LogP contribution is 2.27. The molecule has 128 valence electrons. The summed E-state index contributed by atoms with van der Waals surface area (Å²) >= 11 is 0. The minimum absolute atomic E-state index is 0.00198. The Morgan fingerprint density at radius 2 is 1.96 bits per heavy atom. The molecular formula is C18H23N3O3. The van der Waals surface area contributed by atoms with Crippen molar-refractivity contribution >= 4 is 5.91 Å². The van der Waals surface area contributed by atoms with Gasteiger partial charge in [0.05, 0.1) is 18.8 Å². The van der Waals surface area contributed by atoms with E-state index in [2.05, 4.69) is 29.2 Å². The Morgan fingerprint density at radius 1 is 1.25 bits per heavy atom. The van der Waals surface area contributed by atoms with Crippen LogP contribution in [0.15, 0.2) is 28.8 Å². The number of carbonyl (C=O) groups excluding carboxylic acids is 1. The van der Waals surface area contributed by atoms with Crippen LogP contribution < -0.4 is 4.74 Å². The molecule has 6 nitrogen and oxygen atoms in total. The van der Waals surface area contributed by atoms with Gasteiger partial charge in [-0.3, -0.25) is 9.69 Å². The van der Waals surface area contributed by atoms with Gasteiger partial charge < -0.3 is 14.2 Å². The molecule has 3 rings (SSSR count). The summed E-state index contributed by atoms with van der Waals surface area (Å²) < 4.78 is 10.4. The van der Waals surface area contributed by atoms with Crippen LogP contribution in [0.1, 0.15) is 33.4 Å². The molecule has 1 aromatic heterocycles. The maximum Gasteiger partial charge on any atom is 0.259 e. The van der Waals surface area contributed by atoms with Gasteiger partial charge in [0.25, 0.3) is 5.91 Å². The summed E-state index contributed by atoms with van der Waals surface area (Å²) in [5, 5.41) is 3.90. The van der Waals surface area contributed by atoms with Gasteiger partial charge in [-0.15, -0.1) is 0 Å². The Balaban J connectivity index is 1.81. The van der Waals surface area contributed by atoms with E-state index < -0.39 is 0 Å². The third-order valence-corrected chi connectivity index (χ3v) is 4.68. The molecule has 1 aliphatic heterocycles. The number of piperazine rings is 1. The second-order valence-electron chi connectivity index (χ2n) is 6.22. The molecular weight excluding hydrogens is 306 g/mol. The van der Waals surface area contributed by atoms with Crippen LogP contribution in [0.3, 0.4) is 0 Å². The first kappa shape index (κ1) is 16.5. The molecule has 0 unspecified atom stereocenters. The van der Waals surface area contributed by atoms with Gasteiger partial charge in [0, 0.05) is 19.6 Å². The third kappa shape index (κ3) is 3.01. The van der Waals surface area contributed by atoms with Gasteiger partial charge in [-0.25, -0.2) is 0 Å². The monoisotopic (exact) mass is 329 g/mol. The summed E-state index contributed by atoms with van der Waals surface area (Å²) in [7, 11) is 3.75. The van der Waals surface area contributed by atoms with Gasteiger partial charge in [-0.2, -0.15) is 0 Å². The molecule has 6 heteroatoms. The van der Waals surface area contributed by atoms with Crippen LogP contribution in [0.4, 0.5) is 0 Å². The molecule has 0 aliphatic carbocycles. The molecule has 0 radical (unpaired) electrons. The van der Waals surface area contributed by atoms with Crippen LogP contribution in [0.25, 0.3) is 0 Å². The van der Waals surface area contributed by atoms with Crippen molar-refractivity contribution in [2.24, 2.45) is 0 Å². The van der Waals surface area contributed by atoms with E-state index in [1.807, 2.05) is 17.0 Å². The lowest BCUT2D eigenvalue weighted by atomic mass is 10.0. The number of likely N-dealkylation sites (N-methyl/N-ethyl adjacent to an activating group) is 1. The number of aromatic nitrogens is 1. The number of benzene rings is 1. The van der Waals surface area contributed by atoms with Gasteiger partial charge in [-0.05, 0) is 38.6 Å². The molecule has 1 saturated heterocycles. The van der Waals surface area contributed by atoms with Crippen LogP contribution in [0, 0.1) is 13.8 Å². The van der Waals surface area contributed by atoms with Crippen molar-refractivity contribution in [3.05, 3.63) is 46.8 Å². The van der Waals surface area contributed by atoms with Crippen LogP contribution in [0.2, 0.25) is 0 Å². The predicted octanol–water partition coefficient (Wildman–Crippen LogP) is 2.43. The summed E-state index contributed by atoms with van der Waals surface area (Å²) in [5.41, 5.74) is 2.42. The number of rotatable bonds is 3. The standard InChI is InChI=1S/C18H23N3O3/c1-12-17(13(2)24-19-12)18(22)21-10-9-20(3)16(11-21)14-5-7-15(23-4)8-6-14/h5-8,16H,9-11H2,1-4H3/t16-/m0/s1. The summed E-state index contributed by atoms with van der Waals surface area (Å²) in [6.07, 6.45) is 0. The first-order chi connectivity index (χ1) is 11.5. The van der Waals surface area contributed by atoms with Crippen LogP contribution >= 0.6 is 0 Å². The van der Waals surface area contributed by atoms with Crippen LogP contribution in [-0.4, -0.2) is 54.7 Å². The summed E-state index contributed by atoms with van der Waals surface area (Å²) in [4.78, 5) is 17.0. The first-order valence-corrected chi connectivity index (χ1v) is 8.07. The van der Waals surface area contributed by atoms with Crippen molar-refractivity contribution in [2.75, 3.05) is 33.8 Å². The smallest absolute Gasteiger partial charge is 0.259 e. The van der Waals surface area contributed by atoms with E-state index in [-0.39, 0.29) is 11.9 Å². The van der Waals surface area contributed by atoms with Gasteiger partial charge >= 0.3 is 0 Å². The van der Waals surface area contributed by atoms with Crippen molar-refractivity contribution < 1.29 is 14.1 Å². The summed E-state index contributed by atoms with van der Waals surface area (Å²) in [5.74, 6) is 1.41. The van der Waals surface area contributed by atoms with Gasteiger partial charge in [-0.1, -0.05) is 17.3 Å². The van der Waals surface area contributed by atoms with E-state index in [0.29, 0.717) is 30.1 Å². The van der Waals surface area contributed by atoms with Crippen molar-refractivity contribution in [1.29, 1.82) is 0 Å². The maximum atomic E-state index is 12.9. The fourth-order valence-corrected chi connectivity index (χ4v) is 3.19. The molecule has 24 heavy (non-hydrogen) atoms. The number of hydrogen-bond acceptors (Lipinski definition) is 5. The molecule has 0 bridgehead atoms. The largest absolute Gasteiger partial charge is 0.497 e. The van der Waals surface area contributed by atoms with Crippen LogP contribution in [-0.2, 0) is 0 Å². The molecule has 1 aromatic carbocycles. The number of amides is 1. The van der Waals surface area contributed by atoms with E-state index in [0.717, 1.165) is 12.3 Å². The zero-order valence-corrected chi connectivity index (χ0v) is 14.6. The predicted molar refractivity (Wildman–Crippen MR) is 90.2 cm³/mol. The highest BCUT2D eigenvalue weighted by Gasteiger charge is 2.31. The molecule has 2 heterocycles. The average Bonchev–Trinajstić information content (AvgIpc) is 2.93. The molecule has 1 fully saturated rings. The average molecular weight is 329 g/mol. The molecule has 2 aromatic rings. The van der Waals surface area contributed by atoms with E-state index in [9.17, 15) is 4.79 Å². The number of hydrogen-bond donors (Lipinski definition) is 0. The number of aryl methyl sites for hydroxylation is 2. The lowest BCUT2D eigenvalue weighted by Crippen LogP contribution is -2.49. The number of carbonyl (C=O) groups is 1. The Bertz CT molecular complexity index is 704. The quantitative estimate of drug-likeness (QED) is 0.865. The SMILES string of the molecule is COc1ccc([C@@H]2CN(C(=O)c3c(C)noc3C)CCN2C)cc1. The Labute approximate surface area is 142 Å². The Kier molecular flexibility index (Phi) is 4.57. The summed E-state index contributed by atoms with van der Waals surface area (Å²) in [6.45, 7) is 5.76. The Hall–Kier alpha value is -2.34. The topological polar surface area (TPSA) is 58.8 Å². The minimum Gasteiger partial charge on any atom is -0.497 e. The van der Waals surface area contributed by atoms with E-state index in [1.54, 1.807) is 21.0 Å². The van der Waals surface area contributed by atoms with Crippen molar-refractivity contribution in [3.8, 4) is 5.75 Å². The lowest BCUT2D eigenvalue weighted by Gasteiger charge is -2.39. The second kappa shape index (κ2) is 6.65. The zero-order valence-electron chi connectivity index (χ0n) is 14.6. The zero-order chi connectivity index (χ0) is 17.3. The molecule has 0 N–H and O–H groups in total. The third-order valence-electron chi connectivity index (χ3n) is 4.68. The van der Waals surface area contributed by atoms with Crippen LogP contribution in [0.5, 0.6) is 5.75 Å². The number of ether oxygens (including phenoxy) is 1. The minimum atomic E-state index is -0.00198. The Morgan fingerprint density at radius 3 is 2.54 bits per heavy atom. The number of nitrogens with zero attached hydrogens (tertiary/aromatic N) is 3. The summed E-state index contributed by atoms with van der Waals surface area (Å²) in [6, 6.07) is 8.19. The van der Waals surface area contributed by atoms with Gasteiger partial charge in [0.2, 0.25) is 0 Å². The molecule has 1 atom stereocenters. The van der Waals surface area contributed by atoms with E-state index in [1.165, 1.54) is 5.56 Å². The molecule has 1 aliphatic rings. The van der Waals surface area contributed by atoms with Gasteiger partial charge in [0.15, 0.2) is 0 Å². The maximum absolute atomic E-state index is 12.9. The normalized spacial score (nSPS) is 18.7. The van der Waals surface area contributed by atoms with Crippen molar-refractivity contribution in [1.82, 2.24) is 15.0 Å². The number of methoxy groups -OCH3 is 1.